The van der Waals surface area contributed by atoms with E-state index in [4.69, 9.17) is 4.74 Å². The normalized spacial score (nSPS) is 20.2. The van der Waals surface area contributed by atoms with E-state index >= 15 is 0 Å². The molecule has 284 valence electrons. The maximum Gasteiger partial charge on any atom is 0.405 e. The molecule has 1 saturated heterocycles. The van der Waals surface area contributed by atoms with Crippen molar-refractivity contribution < 1.29 is 37.7 Å². The van der Waals surface area contributed by atoms with Gasteiger partial charge in [0.1, 0.15) is 37.1 Å². The minimum absolute atomic E-state index is 0.0113. The van der Waals surface area contributed by atoms with Crippen LogP contribution in [-0.4, -0.2) is 105 Å². The van der Waals surface area contributed by atoms with Gasteiger partial charge in [-0.25, -0.2) is 0 Å². The number of piperazine rings is 1. The Labute approximate surface area is 310 Å². The fourth-order valence-electron chi connectivity index (χ4n) is 7.08. The third-order valence-corrected chi connectivity index (χ3v) is 9.73. The van der Waals surface area contributed by atoms with E-state index in [2.05, 4.69) is 16.4 Å². The lowest BCUT2D eigenvalue weighted by atomic mass is 9.91. The average Bonchev–Trinajstić information content (AvgIpc) is 3.63. The number of para-hydroxylation sites is 2. The van der Waals surface area contributed by atoms with Gasteiger partial charge in [0.05, 0.1) is 23.4 Å². The largest absolute Gasteiger partial charge is 0.490 e. The minimum Gasteiger partial charge on any atom is -0.490 e. The number of aliphatic hydroxyl groups excluding tert-OH is 2. The molecule has 2 aliphatic heterocycles. The van der Waals surface area contributed by atoms with Crippen molar-refractivity contribution in [2.75, 3.05) is 39.3 Å². The Kier molecular flexibility index (Phi) is 12.3. The van der Waals surface area contributed by atoms with Crippen molar-refractivity contribution in [1.82, 2.24) is 30.0 Å². The molecule has 2 aliphatic rings. The number of fused-ring (bicyclic) bond motifs is 1. The fourth-order valence-corrected chi connectivity index (χ4v) is 7.08. The summed E-state index contributed by atoms with van der Waals surface area (Å²) < 4.78 is 46.9. The summed E-state index contributed by atoms with van der Waals surface area (Å²) in [7, 11) is 0. The number of hydrogen-bond donors (Lipinski definition) is 4. The van der Waals surface area contributed by atoms with Gasteiger partial charge in [0.25, 0.3) is 0 Å². The van der Waals surface area contributed by atoms with Crippen molar-refractivity contribution in [3.8, 4) is 17.5 Å². The molecule has 6 rings (SSSR count). The number of alkyl halides is 3. The highest BCUT2D eigenvalue weighted by Gasteiger charge is 2.38. The summed E-state index contributed by atoms with van der Waals surface area (Å²) in [4.78, 5) is 35.0. The SMILES string of the molecule is N#Cc1ccccc1-n1ccc(CN2CCN(C[C@@H](O)C[C@@H](Cc3cccnc3)C(=O)N[C@H]3c4ccccc4OCC3O)[C@H](C(=O)NCC(F)(F)F)C2)c1. The van der Waals surface area contributed by atoms with Crippen LogP contribution in [0.3, 0.4) is 0 Å². The molecule has 2 aromatic heterocycles. The van der Waals surface area contributed by atoms with Crippen molar-refractivity contribution in [2.24, 2.45) is 5.92 Å². The molecular weight excluding hydrogens is 703 g/mol. The molecule has 4 heterocycles. The molecule has 1 unspecified atom stereocenters. The van der Waals surface area contributed by atoms with Gasteiger partial charge in [-0.05, 0) is 54.3 Å². The van der Waals surface area contributed by atoms with Gasteiger partial charge in [-0.3, -0.25) is 24.4 Å². The second-order valence-electron chi connectivity index (χ2n) is 13.7. The number of ether oxygens (including phenoxy) is 1. The summed E-state index contributed by atoms with van der Waals surface area (Å²) in [6.07, 6.45) is 0.368. The van der Waals surface area contributed by atoms with Crippen LogP contribution in [0.25, 0.3) is 5.69 Å². The number of nitrogens with zero attached hydrogens (tertiary/aromatic N) is 5. The van der Waals surface area contributed by atoms with E-state index in [1.54, 1.807) is 59.8 Å². The predicted molar refractivity (Wildman–Crippen MR) is 191 cm³/mol. The summed E-state index contributed by atoms with van der Waals surface area (Å²) in [5, 5.41) is 36.7. The molecule has 2 aromatic carbocycles. The fraction of sp³-hybridized carbons (Fsp3) is 0.385. The van der Waals surface area contributed by atoms with E-state index in [1.807, 2.05) is 51.4 Å². The van der Waals surface area contributed by atoms with Crippen LogP contribution in [-0.2, 0) is 22.6 Å². The molecule has 4 aromatic rings. The van der Waals surface area contributed by atoms with Gasteiger partial charge in [-0.2, -0.15) is 18.4 Å². The van der Waals surface area contributed by atoms with Crippen LogP contribution in [0.1, 0.15) is 34.7 Å². The van der Waals surface area contributed by atoms with Crippen LogP contribution >= 0.6 is 0 Å². The molecule has 0 aliphatic carbocycles. The molecule has 5 atom stereocenters. The highest BCUT2D eigenvalue weighted by atomic mass is 19.4. The zero-order valence-corrected chi connectivity index (χ0v) is 29.4. The topological polar surface area (TPSA) is 156 Å². The molecule has 54 heavy (non-hydrogen) atoms. The van der Waals surface area contributed by atoms with E-state index < -0.39 is 54.7 Å². The molecule has 0 radical (unpaired) electrons. The van der Waals surface area contributed by atoms with Crippen LogP contribution in [0.4, 0.5) is 13.2 Å². The Balaban J connectivity index is 1.15. The van der Waals surface area contributed by atoms with Crippen LogP contribution in [0.5, 0.6) is 5.75 Å². The van der Waals surface area contributed by atoms with Gasteiger partial charge < -0.3 is 30.2 Å². The highest BCUT2D eigenvalue weighted by Crippen LogP contribution is 2.32. The zero-order valence-electron chi connectivity index (χ0n) is 29.4. The molecule has 1 fully saturated rings. The lowest BCUT2D eigenvalue weighted by Crippen LogP contribution is -2.60. The molecule has 0 spiro atoms. The number of amides is 2. The monoisotopic (exact) mass is 745 g/mol. The Hall–Kier alpha value is -5.27. The molecule has 4 N–H and O–H groups in total. The zero-order chi connectivity index (χ0) is 38.2. The van der Waals surface area contributed by atoms with E-state index in [1.165, 1.54) is 0 Å². The summed E-state index contributed by atoms with van der Waals surface area (Å²) in [5.41, 5.74) is 3.46. The first-order valence-electron chi connectivity index (χ1n) is 17.7. The first kappa shape index (κ1) is 38.5. The number of β-amino-alcohol motifs (C(OH)–C–C–N with tert-alkyl or cyclic N) is 1. The Morgan fingerprint density at radius 1 is 1.06 bits per heavy atom. The van der Waals surface area contributed by atoms with Gasteiger partial charge in [-0.15, -0.1) is 0 Å². The Morgan fingerprint density at radius 2 is 1.85 bits per heavy atom. The lowest BCUT2D eigenvalue weighted by Gasteiger charge is -2.41. The number of carbonyl (C=O) groups excluding carboxylic acids is 2. The molecule has 2 amide bonds. The number of hydrogen-bond acceptors (Lipinski definition) is 9. The summed E-state index contributed by atoms with van der Waals surface area (Å²) in [5.74, 6) is -1.46. The number of carbonyl (C=O) groups is 2. The van der Waals surface area contributed by atoms with Gasteiger partial charge >= 0.3 is 6.18 Å². The van der Waals surface area contributed by atoms with E-state index in [-0.39, 0.29) is 39.1 Å². The molecule has 0 saturated carbocycles. The van der Waals surface area contributed by atoms with E-state index in [9.17, 15) is 38.2 Å². The Bertz CT molecular complexity index is 1940. The standard InChI is InChI=1S/C39H42F3N7O5/c40-39(41,42)25-45-38(53)33-23-47(20-27-11-13-48(21-27)32-9-3-1-7-28(32)18-43)14-15-49(33)22-30(50)17-29(16-26-6-5-12-44-19-26)37(52)46-36-31-8-2-4-10-35(31)54-24-34(36)51/h1-13,19,21,29-30,33-34,36,50-51H,14-17,20,22-25H2,(H,45,53)(H,46,52)/t29-,30+,33+,34?,36+/m1/s1. The highest BCUT2D eigenvalue weighted by molar-refractivity contribution is 5.82. The molecular formula is C39H42F3N7O5. The van der Waals surface area contributed by atoms with Crippen molar-refractivity contribution >= 4 is 11.8 Å². The van der Waals surface area contributed by atoms with Gasteiger partial charge in [-0.1, -0.05) is 36.4 Å². The van der Waals surface area contributed by atoms with Crippen LogP contribution < -0.4 is 15.4 Å². The van der Waals surface area contributed by atoms with Crippen LogP contribution in [0.2, 0.25) is 0 Å². The molecule has 15 heteroatoms. The Morgan fingerprint density at radius 3 is 2.63 bits per heavy atom. The van der Waals surface area contributed by atoms with Gasteiger partial charge in [0.2, 0.25) is 11.8 Å². The predicted octanol–water partition coefficient (Wildman–Crippen LogP) is 3.13. The van der Waals surface area contributed by atoms with E-state index in [0.717, 1.165) is 11.1 Å². The number of nitrogens with one attached hydrogen (secondary N) is 2. The summed E-state index contributed by atoms with van der Waals surface area (Å²) >= 11 is 0. The smallest absolute Gasteiger partial charge is 0.405 e. The number of halogens is 3. The summed E-state index contributed by atoms with van der Waals surface area (Å²) in [6.45, 7) is -0.359. The van der Waals surface area contributed by atoms with Crippen LogP contribution in [0, 0.1) is 17.2 Å². The van der Waals surface area contributed by atoms with Crippen molar-refractivity contribution in [3.63, 3.8) is 0 Å². The second-order valence-corrected chi connectivity index (χ2v) is 13.7. The lowest BCUT2D eigenvalue weighted by molar-refractivity contribution is -0.143. The molecule has 0 bridgehead atoms. The number of rotatable bonds is 13. The number of aromatic nitrogens is 2. The third-order valence-electron chi connectivity index (χ3n) is 9.73. The van der Waals surface area contributed by atoms with E-state index in [0.29, 0.717) is 35.7 Å². The average molecular weight is 746 g/mol. The number of nitriles is 1. The number of benzene rings is 2. The van der Waals surface area contributed by atoms with Gasteiger partial charge in [0.15, 0.2) is 0 Å². The first-order chi connectivity index (χ1) is 26.0. The summed E-state index contributed by atoms with van der Waals surface area (Å²) in [6, 6.07) is 20.1. The maximum absolute atomic E-state index is 13.9. The quantitative estimate of drug-likeness (QED) is 0.162. The number of pyridine rings is 1. The van der Waals surface area contributed by atoms with Crippen molar-refractivity contribution in [1.29, 1.82) is 5.26 Å². The maximum atomic E-state index is 13.9. The minimum atomic E-state index is -4.61. The molecule has 12 nitrogen and oxygen atoms in total. The number of aliphatic hydroxyl groups is 2. The van der Waals surface area contributed by atoms with Gasteiger partial charge in [0, 0.05) is 69.0 Å². The third kappa shape index (κ3) is 9.83. The second kappa shape index (κ2) is 17.3. The van der Waals surface area contributed by atoms with Crippen molar-refractivity contribution in [2.45, 2.75) is 49.9 Å². The van der Waals surface area contributed by atoms with Crippen LogP contribution in [0.15, 0.2) is 91.5 Å². The van der Waals surface area contributed by atoms with Crippen molar-refractivity contribution in [3.05, 3.63) is 114 Å². The first-order valence-corrected chi connectivity index (χ1v) is 17.7.